The van der Waals surface area contributed by atoms with Gasteiger partial charge in [0.25, 0.3) is 0 Å². The summed E-state index contributed by atoms with van der Waals surface area (Å²) in [5, 5.41) is 2.64. The van der Waals surface area contributed by atoms with E-state index in [-0.39, 0.29) is 12.0 Å². The molecule has 1 rings (SSSR count). The van der Waals surface area contributed by atoms with E-state index in [0.717, 1.165) is 0 Å². The van der Waals surface area contributed by atoms with Crippen molar-refractivity contribution in [3.8, 4) is 0 Å². The lowest BCUT2D eigenvalue weighted by Gasteiger charge is -2.32. The van der Waals surface area contributed by atoms with Gasteiger partial charge in [-0.2, -0.15) is 0 Å². The molecular weight excluding hydrogens is 236 g/mol. The quantitative estimate of drug-likeness (QED) is 0.794. The summed E-state index contributed by atoms with van der Waals surface area (Å²) in [6.45, 7) is 8.91. The summed E-state index contributed by atoms with van der Waals surface area (Å²) in [6.07, 6.45) is -0.638. The standard InChI is InChI=1S/C12H22N2O4/c1-9(15)14-5-6-17-10(8-14)7-13-11(16)18-12(2,3)4/h10H,5-8H2,1-4H3,(H,13,16). The van der Waals surface area contributed by atoms with Crippen LogP contribution in [-0.2, 0) is 14.3 Å². The van der Waals surface area contributed by atoms with Crippen molar-refractivity contribution in [3.05, 3.63) is 0 Å². The molecule has 1 saturated heterocycles. The maximum absolute atomic E-state index is 11.4. The molecule has 104 valence electrons. The number of carbonyl (C=O) groups excluding carboxylic acids is 2. The second-order valence-corrected chi connectivity index (χ2v) is 5.34. The van der Waals surface area contributed by atoms with Crippen LogP contribution in [0.25, 0.3) is 0 Å². The Balaban J connectivity index is 2.31. The Morgan fingerprint density at radius 2 is 2.11 bits per heavy atom. The van der Waals surface area contributed by atoms with Crippen molar-refractivity contribution in [1.29, 1.82) is 0 Å². The zero-order chi connectivity index (χ0) is 13.8. The molecule has 0 aromatic heterocycles. The summed E-state index contributed by atoms with van der Waals surface area (Å²) in [4.78, 5) is 24.4. The number of hydrogen-bond donors (Lipinski definition) is 1. The van der Waals surface area contributed by atoms with Crippen LogP contribution in [0.4, 0.5) is 4.79 Å². The Bertz CT molecular complexity index is 312. The first-order valence-electron chi connectivity index (χ1n) is 6.12. The van der Waals surface area contributed by atoms with E-state index >= 15 is 0 Å². The van der Waals surface area contributed by atoms with Gasteiger partial charge in [0.1, 0.15) is 5.60 Å². The third kappa shape index (κ3) is 5.35. The van der Waals surface area contributed by atoms with Gasteiger partial charge in [-0.25, -0.2) is 4.79 Å². The molecule has 0 spiro atoms. The van der Waals surface area contributed by atoms with Crippen molar-refractivity contribution in [2.24, 2.45) is 0 Å². The molecule has 1 aliphatic heterocycles. The van der Waals surface area contributed by atoms with E-state index in [1.165, 1.54) is 6.92 Å². The summed E-state index contributed by atoms with van der Waals surface area (Å²) in [5.41, 5.74) is -0.511. The first kappa shape index (κ1) is 14.8. The minimum Gasteiger partial charge on any atom is -0.444 e. The number of morpholine rings is 1. The molecule has 0 aromatic rings. The molecule has 2 amide bonds. The van der Waals surface area contributed by atoms with Crippen molar-refractivity contribution < 1.29 is 19.1 Å². The normalized spacial score (nSPS) is 20.4. The van der Waals surface area contributed by atoms with Crippen LogP contribution < -0.4 is 5.32 Å². The van der Waals surface area contributed by atoms with E-state index in [2.05, 4.69) is 5.32 Å². The maximum atomic E-state index is 11.4. The lowest BCUT2D eigenvalue weighted by atomic mass is 10.2. The van der Waals surface area contributed by atoms with Gasteiger partial charge in [-0.1, -0.05) is 0 Å². The SMILES string of the molecule is CC(=O)N1CCOC(CNC(=O)OC(C)(C)C)C1. The van der Waals surface area contributed by atoms with Gasteiger partial charge in [0.15, 0.2) is 0 Å². The first-order chi connectivity index (χ1) is 8.28. The fourth-order valence-electron chi connectivity index (χ4n) is 1.64. The van der Waals surface area contributed by atoms with Crippen LogP contribution in [0, 0.1) is 0 Å². The number of nitrogens with one attached hydrogen (secondary N) is 1. The topological polar surface area (TPSA) is 67.9 Å². The maximum Gasteiger partial charge on any atom is 0.407 e. The van der Waals surface area contributed by atoms with Gasteiger partial charge in [-0.3, -0.25) is 4.79 Å². The fraction of sp³-hybridized carbons (Fsp3) is 0.833. The zero-order valence-electron chi connectivity index (χ0n) is 11.5. The number of nitrogens with zero attached hydrogens (tertiary/aromatic N) is 1. The minimum atomic E-state index is -0.511. The van der Waals surface area contributed by atoms with Crippen LogP contribution >= 0.6 is 0 Å². The van der Waals surface area contributed by atoms with E-state index < -0.39 is 11.7 Å². The van der Waals surface area contributed by atoms with E-state index in [4.69, 9.17) is 9.47 Å². The smallest absolute Gasteiger partial charge is 0.407 e. The summed E-state index contributed by atoms with van der Waals surface area (Å²) in [6, 6.07) is 0. The number of rotatable bonds is 2. The van der Waals surface area contributed by atoms with Gasteiger partial charge in [0.2, 0.25) is 5.91 Å². The van der Waals surface area contributed by atoms with Gasteiger partial charge in [0, 0.05) is 26.6 Å². The zero-order valence-corrected chi connectivity index (χ0v) is 11.5. The van der Waals surface area contributed by atoms with Crippen LogP contribution in [0.2, 0.25) is 0 Å². The molecule has 0 bridgehead atoms. The Labute approximate surface area is 108 Å². The molecule has 1 aliphatic rings. The van der Waals surface area contributed by atoms with Crippen LogP contribution in [-0.4, -0.2) is 54.8 Å². The van der Waals surface area contributed by atoms with Crippen LogP contribution in [0.5, 0.6) is 0 Å². The molecule has 0 saturated carbocycles. The average molecular weight is 258 g/mol. The van der Waals surface area contributed by atoms with E-state index in [9.17, 15) is 9.59 Å². The molecule has 1 atom stereocenters. The summed E-state index contributed by atoms with van der Waals surface area (Å²) < 4.78 is 10.6. The summed E-state index contributed by atoms with van der Waals surface area (Å²) in [7, 11) is 0. The second-order valence-electron chi connectivity index (χ2n) is 5.34. The van der Waals surface area contributed by atoms with Crippen molar-refractivity contribution in [2.45, 2.75) is 39.4 Å². The number of hydrogen-bond acceptors (Lipinski definition) is 4. The van der Waals surface area contributed by atoms with E-state index in [0.29, 0.717) is 26.2 Å². The van der Waals surface area contributed by atoms with Gasteiger partial charge in [-0.15, -0.1) is 0 Å². The lowest BCUT2D eigenvalue weighted by molar-refractivity contribution is -0.136. The molecular formula is C12H22N2O4. The molecule has 0 aliphatic carbocycles. The molecule has 6 nitrogen and oxygen atoms in total. The number of ether oxygens (including phenoxy) is 2. The van der Waals surface area contributed by atoms with Gasteiger partial charge < -0.3 is 19.7 Å². The summed E-state index contributed by atoms with van der Waals surface area (Å²) in [5.74, 6) is 0.0283. The molecule has 6 heteroatoms. The van der Waals surface area contributed by atoms with Crippen molar-refractivity contribution >= 4 is 12.0 Å². The van der Waals surface area contributed by atoms with Crippen LogP contribution in [0.1, 0.15) is 27.7 Å². The number of alkyl carbamates (subject to hydrolysis) is 1. The van der Waals surface area contributed by atoms with Crippen molar-refractivity contribution in [3.63, 3.8) is 0 Å². The minimum absolute atomic E-state index is 0.0283. The van der Waals surface area contributed by atoms with Gasteiger partial charge >= 0.3 is 6.09 Å². The molecule has 0 radical (unpaired) electrons. The highest BCUT2D eigenvalue weighted by Gasteiger charge is 2.23. The van der Waals surface area contributed by atoms with Crippen molar-refractivity contribution in [2.75, 3.05) is 26.2 Å². The highest BCUT2D eigenvalue weighted by Crippen LogP contribution is 2.07. The number of amides is 2. The highest BCUT2D eigenvalue weighted by atomic mass is 16.6. The monoisotopic (exact) mass is 258 g/mol. The van der Waals surface area contributed by atoms with Crippen LogP contribution in [0.15, 0.2) is 0 Å². The Morgan fingerprint density at radius 3 is 2.67 bits per heavy atom. The predicted molar refractivity (Wildman–Crippen MR) is 66.2 cm³/mol. The second kappa shape index (κ2) is 6.04. The summed E-state index contributed by atoms with van der Waals surface area (Å²) >= 11 is 0. The Kier molecular flexibility index (Phi) is 4.95. The molecule has 0 aromatic carbocycles. The van der Waals surface area contributed by atoms with E-state index in [1.807, 2.05) is 0 Å². The predicted octanol–water partition coefficient (Wildman–Crippen LogP) is 0.758. The first-order valence-corrected chi connectivity index (χ1v) is 6.12. The van der Waals surface area contributed by atoms with E-state index in [1.54, 1.807) is 25.7 Å². The molecule has 18 heavy (non-hydrogen) atoms. The Hall–Kier alpha value is -1.30. The molecule has 1 N–H and O–H groups in total. The average Bonchev–Trinajstić information content (AvgIpc) is 2.24. The lowest BCUT2D eigenvalue weighted by Crippen LogP contribution is -2.49. The molecule has 1 fully saturated rings. The molecule has 1 unspecified atom stereocenters. The third-order valence-electron chi connectivity index (χ3n) is 2.46. The highest BCUT2D eigenvalue weighted by molar-refractivity contribution is 5.73. The molecule has 1 heterocycles. The number of carbonyl (C=O) groups is 2. The van der Waals surface area contributed by atoms with Crippen LogP contribution in [0.3, 0.4) is 0 Å². The van der Waals surface area contributed by atoms with Gasteiger partial charge in [0.05, 0.1) is 12.7 Å². The fourth-order valence-corrected chi connectivity index (χ4v) is 1.64. The van der Waals surface area contributed by atoms with Crippen molar-refractivity contribution in [1.82, 2.24) is 10.2 Å². The Morgan fingerprint density at radius 1 is 1.44 bits per heavy atom. The third-order valence-corrected chi connectivity index (χ3v) is 2.46. The van der Waals surface area contributed by atoms with Gasteiger partial charge in [-0.05, 0) is 20.8 Å². The largest absolute Gasteiger partial charge is 0.444 e.